The first kappa shape index (κ1) is 20.9. The summed E-state index contributed by atoms with van der Waals surface area (Å²) in [4.78, 5) is 10.7. The summed E-state index contributed by atoms with van der Waals surface area (Å²) in [6.07, 6.45) is -5.03. The number of ether oxygens (including phenoxy) is 4. The van der Waals surface area contributed by atoms with Gasteiger partial charge in [-0.3, -0.25) is 0 Å². The van der Waals surface area contributed by atoms with Crippen LogP contribution in [0.3, 0.4) is 0 Å². The van der Waals surface area contributed by atoms with E-state index in [1.807, 2.05) is 0 Å². The Morgan fingerprint density at radius 2 is 1.70 bits per heavy atom. The molecule has 1 aliphatic rings. The van der Waals surface area contributed by atoms with Crippen LogP contribution < -0.4 is 14.2 Å². The van der Waals surface area contributed by atoms with E-state index in [0.717, 1.165) is 6.08 Å². The Kier molecular flexibility index (Phi) is 6.99. The van der Waals surface area contributed by atoms with Crippen molar-refractivity contribution in [1.82, 2.24) is 0 Å². The van der Waals surface area contributed by atoms with Gasteiger partial charge in [0, 0.05) is 6.08 Å². The van der Waals surface area contributed by atoms with Gasteiger partial charge in [-0.2, -0.15) is 0 Å². The maximum atomic E-state index is 10.7. The molecule has 27 heavy (non-hydrogen) atoms. The maximum Gasteiger partial charge on any atom is 0.328 e. The molecule has 5 N–H and O–H groups in total. The number of benzene rings is 1. The van der Waals surface area contributed by atoms with E-state index in [2.05, 4.69) is 0 Å². The lowest BCUT2D eigenvalue weighted by atomic mass is 9.99. The number of aliphatic carboxylic acids is 1. The van der Waals surface area contributed by atoms with Gasteiger partial charge in [0.15, 0.2) is 11.5 Å². The molecule has 0 radical (unpaired) electrons. The van der Waals surface area contributed by atoms with Crippen molar-refractivity contribution in [3.8, 4) is 17.2 Å². The van der Waals surface area contributed by atoms with E-state index in [1.54, 1.807) is 0 Å². The normalized spacial score (nSPS) is 28.1. The van der Waals surface area contributed by atoms with Crippen LogP contribution in [0.25, 0.3) is 6.08 Å². The Morgan fingerprint density at radius 1 is 1.11 bits per heavy atom. The van der Waals surface area contributed by atoms with Crippen LogP contribution in [0.4, 0.5) is 0 Å². The lowest BCUT2D eigenvalue weighted by Crippen LogP contribution is -2.60. The first-order chi connectivity index (χ1) is 12.8. The number of rotatable bonds is 7. The van der Waals surface area contributed by atoms with Crippen molar-refractivity contribution in [2.24, 2.45) is 0 Å². The predicted octanol–water partition coefficient (Wildman–Crippen LogP) is -1.02. The second-order valence-electron chi connectivity index (χ2n) is 5.74. The van der Waals surface area contributed by atoms with Gasteiger partial charge in [-0.1, -0.05) is 0 Å². The molecule has 0 aromatic heterocycles. The minimum atomic E-state index is -1.61. The number of hydrogen-bond acceptors (Lipinski definition) is 9. The molecule has 1 saturated heterocycles. The smallest absolute Gasteiger partial charge is 0.328 e. The number of aliphatic hydroxyl groups is 4. The standard InChI is InChI=1S/C17H22O10/c1-24-9-5-8(3-4-12(19)20)6-10(25-2)16(9)27-17-15(23)14(22)13(21)11(7-18)26-17/h3-6,11,13-15,17-18,21-23H,7H2,1-2H3,(H,19,20)/b4-3+/t11-,13-,14+,15+,17-/m1/s1. The van der Waals surface area contributed by atoms with Crippen LogP contribution in [0.1, 0.15) is 5.56 Å². The molecular weight excluding hydrogens is 364 g/mol. The molecular formula is C17H22O10. The van der Waals surface area contributed by atoms with Gasteiger partial charge >= 0.3 is 5.97 Å². The molecule has 1 aromatic carbocycles. The SMILES string of the molecule is COc1cc(/C=C/C(=O)O)cc(OC)c1O[C@H]1O[C@H](CO)[C@@H](O)[C@H](O)[C@@H]1O. The molecule has 1 heterocycles. The third-order valence-electron chi connectivity index (χ3n) is 3.98. The van der Waals surface area contributed by atoms with E-state index in [1.165, 1.54) is 32.4 Å². The zero-order chi connectivity index (χ0) is 20.1. The number of carbonyl (C=O) groups is 1. The predicted molar refractivity (Wildman–Crippen MR) is 90.6 cm³/mol. The molecule has 0 spiro atoms. The van der Waals surface area contributed by atoms with Gasteiger partial charge in [-0.25, -0.2) is 4.79 Å². The average Bonchev–Trinajstić information content (AvgIpc) is 2.66. The molecule has 0 aliphatic carbocycles. The highest BCUT2D eigenvalue weighted by Crippen LogP contribution is 2.40. The number of aliphatic hydroxyl groups excluding tert-OH is 4. The first-order valence-corrected chi connectivity index (χ1v) is 7.96. The van der Waals surface area contributed by atoms with Crippen molar-refractivity contribution in [2.45, 2.75) is 30.7 Å². The Hall–Kier alpha value is -2.37. The molecule has 0 amide bonds. The summed E-state index contributed by atoms with van der Waals surface area (Å²) >= 11 is 0. The van der Waals surface area contributed by atoms with Crippen LogP contribution in [0.15, 0.2) is 18.2 Å². The highest BCUT2D eigenvalue weighted by atomic mass is 16.7. The van der Waals surface area contributed by atoms with Crippen molar-refractivity contribution in [2.75, 3.05) is 20.8 Å². The topological polar surface area (TPSA) is 155 Å². The minimum Gasteiger partial charge on any atom is -0.493 e. The van der Waals surface area contributed by atoms with Crippen LogP contribution >= 0.6 is 0 Å². The molecule has 1 fully saturated rings. The van der Waals surface area contributed by atoms with Gasteiger partial charge in [0.05, 0.1) is 20.8 Å². The molecule has 2 rings (SSSR count). The fourth-order valence-corrected chi connectivity index (χ4v) is 2.56. The average molecular weight is 386 g/mol. The largest absolute Gasteiger partial charge is 0.493 e. The van der Waals surface area contributed by atoms with Crippen molar-refractivity contribution in [3.63, 3.8) is 0 Å². The van der Waals surface area contributed by atoms with Crippen molar-refractivity contribution in [3.05, 3.63) is 23.8 Å². The van der Waals surface area contributed by atoms with Gasteiger partial charge in [0.1, 0.15) is 24.4 Å². The second-order valence-corrected chi connectivity index (χ2v) is 5.74. The molecule has 0 unspecified atom stereocenters. The molecule has 0 bridgehead atoms. The number of carboxylic acids is 1. The first-order valence-electron chi connectivity index (χ1n) is 7.96. The Labute approximate surface area is 154 Å². The van der Waals surface area contributed by atoms with Crippen LogP contribution in [0.5, 0.6) is 17.2 Å². The van der Waals surface area contributed by atoms with E-state index >= 15 is 0 Å². The van der Waals surface area contributed by atoms with E-state index in [9.17, 15) is 25.2 Å². The van der Waals surface area contributed by atoms with E-state index < -0.39 is 43.3 Å². The van der Waals surface area contributed by atoms with Crippen molar-refractivity contribution < 1.29 is 49.3 Å². The second kappa shape index (κ2) is 9.02. The molecule has 0 saturated carbocycles. The summed E-state index contributed by atoms with van der Waals surface area (Å²) in [5.74, 6) is -0.806. The van der Waals surface area contributed by atoms with Gasteiger partial charge < -0.3 is 44.5 Å². The fraction of sp³-hybridized carbons (Fsp3) is 0.471. The third-order valence-corrected chi connectivity index (χ3v) is 3.98. The molecule has 10 heteroatoms. The number of hydrogen-bond donors (Lipinski definition) is 5. The quantitative estimate of drug-likeness (QED) is 0.368. The lowest BCUT2D eigenvalue weighted by Gasteiger charge is -2.39. The van der Waals surface area contributed by atoms with Crippen LogP contribution in [-0.2, 0) is 9.53 Å². The zero-order valence-electron chi connectivity index (χ0n) is 14.7. The van der Waals surface area contributed by atoms with Crippen molar-refractivity contribution >= 4 is 12.0 Å². The maximum absolute atomic E-state index is 10.7. The lowest BCUT2D eigenvalue weighted by molar-refractivity contribution is -0.277. The van der Waals surface area contributed by atoms with E-state index in [4.69, 9.17) is 24.1 Å². The summed E-state index contributed by atoms with van der Waals surface area (Å²) < 4.78 is 21.4. The number of methoxy groups -OCH3 is 2. The van der Waals surface area contributed by atoms with Gasteiger partial charge in [0.25, 0.3) is 0 Å². The van der Waals surface area contributed by atoms with Crippen LogP contribution in [-0.4, -0.2) is 83.0 Å². The van der Waals surface area contributed by atoms with Gasteiger partial charge in [0.2, 0.25) is 12.0 Å². The van der Waals surface area contributed by atoms with E-state index in [-0.39, 0.29) is 17.2 Å². The highest BCUT2D eigenvalue weighted by molar-refractivity contribution is 5.85. The van der Waals surface area contributed by atoms with E-state index in [0.29, 0.717) is 5.56 Å². The highest BCUT2D eigenvalue weighted by Gasteiger charge is 2.45. The minimum absolute atomic E-state index is 0.0248. The molecule has 5 atom stereocenters. The summed E-state index contributed by atoms with van der Waals surface area (Å²) in [6, 6.07) is 2.95. The Bertz CT molecular complexity index is 661. The molecule has 150 valence electrons. The van der Waals surface area contributed by atoms with Crippen LogP contribution in [0, 0.1) is 0 Å². The van der Waals surface area contributed by atoms with Gasteiger partial charge in [-0.15, -0.1) is 0 Å². The molecule has 1 aliphatic heterocycles. The van der Waals surface area contributed by atoms with Crippen molar-refractivity contribution in [1.29, 1.82) is 0 Å². The summed E-state index contributed by atoms with van der Waals surface area (Å²) in [7, 11) is 2.69. The fourth-order valence-electron chi connectivity index (χ4n) is 2.56. The third kappa shape index (κ3) is 4.67. The Morgan fingerprint density at radius 3 is 2.19 bits per heavy atom. The summed E-state index contributed by atoms with van der Waals surface area (Å²) in [5, 5.41) is 47.8. The van der Waals surface area contributed by atoms with Gasteiger partial charge in [-0.05, 0) is 23.8 Å². The monoisotopic (exact) mass is 386 g/mol. The zero-order valence-corrected chi connectivity index (χ0v) is 14.7. The summed E-state index contributed by atoms with van der Waals surface area (Å²) in [6.45, 7) is -0.599. The molecule has 1 aromatic rings. The number of carboxylic acid groups (broad SMARTS) is 1. The van der Waals surface area contributed by atoms with Crippen LogP contribution in [0.2, 0.25) is 0 Å². The summed E-state index contributed by atoms with van der Waals surface area (Å²) in [5.41, 5.74) is 0.451. The molecule has 10 nitrogen and oxygen atoms in total. The Balaban J connectivity index is 2.35.